The molecule has 2 rings (SSSR count). The zero-order chi connectivity index (χ0) is 9.97. The standard InChI is InChI=1S/C10H11IO2S/c11-9-5-7(6-14-9)10(12)8-3-1-2-4-13-8/h3,5-6,10,12H,1-2,4H2. The van der Waals surface area contributed by atoms with Crippen LogP contribution in [0.5, 0.6) is 0 Å². The first kappa shape index (κ1) is 10.4. The summed E-state index contributed by atoms with van der Waals surface area (Å²) < 4.78 is 6.60. The lowest BCUT2D eigenvalue weighted by atomic mass is 10.1. The van der Waals surface area contributed by atoms with E-state index in [2.05, 4.69) is 22.6 Å². The maximum absolute atomic E-state index is 9.97. The summed E-state index contributed by atoms with van der Waals surface area (Å²) in [5, 5.41) is 11.9. The minimum Gasteiger partial charge on any atom is -0.495 e. The highest BCUT2D eigenvalue weighted by molar-refractivity contribution is 14.1. The molecule has 1 aliphatic rings. The molecular formula is C10H11IO2S. The van der Waals surface area contributed by atoms with Crippen LogP contribution in [-0.2, 0) is 4.74 Å². The molecular weight excluding hydrogens is 311 g/mol. The topological polar surface area (TPSA) is 29.5 Å². The maximum Gasteiger partial charge on any atom is 0.137 e. The fourth-order valence-corrected chi connectivity index (χ4v) is 2.79. The van der Waals surface area contributed by atoms with E-state index < -0.39 is 6.10 Å². The molecule has 4 heteroatoms. The number of hydrogen-bond acceptors (Lipinski definition) is 3. The molecule has 2 nitrogen and oxygen atoms in total. The van der Waals surface area contributed by atoms with Gasteiger partial charge >= 0.3 is 0 Å². The van der Waals surface area contributed by atoms with Crippen molar-refractivity contribution in [2.75, 3.05) is 6.61 Å². The van der Waals surface area contributed by atoms with Gasteiger partial charge in [0.25, 0.3) is 0 Å². The molecule has 0 aliphatic carbocycles. The first-order valence-corrected chi connectivity index (χ1v) is 6.48. The molecule has 1 atom stereocenters. The number of halogens is 1. The van der Waals surface area contributed by atoms with Gasteiger partial charge in [0.05, 0.1) is 9.49 Å². The molecule has 0 saturated carbocycles. The van der Waals surface area contributed by atoms with Gasteiger partial charge in [-0.15, -0.1) is 11.3 Å². The van der Waals surface area contributed by atoms with Crippen molar-refractivity contribution in [3.63, 3.8) is 0 Å². The summed E-state index contributed by atoms with van der Waals surface area (Å²) in [5.41, 5.74) is 0.938. The molecule has 0 spiro atoms. The highest BCUT2D eigenvalue weighted by atomic mass is 127. The Morgan fingerprint density at radius 1 is 1.57 bits per heavy atom. The Hall–Kier alpha value is -0.0700. The molecule has 1 aliphatic heterocycles. The summed E-state index contributed by atoms with van der Waals surface area (Å²) in [6.07, 6.45) is 3.47. The van der Waals surface area contributed by atoms with Gasteiger partial charge in [-0.25, -0.2) is 0 Å². The van der Waals surface area contributed by atoms with Crippen LogP contribution in [0, 0.1) is 2.88 Å². The number of hydrogen-bond donors (Lipinski definition) is 1. The summed E-state index contributed by atoms with van der Waals surface area (Å²) in [5.74, 6) is 0.713. The molecule has 0 saturated heterocycles. The first-order valence-electron chi connectivity index (χ1n) is 4.52. The van der Waals surface area contributed by atoms with Gasteiger partial charge in [0.1, 0.15) is 11.9 Å². The highest BCUT2D eigenvalue weighted by Gasteiger charge is 2.17. The zero-order valence-corrected chi connectivity index (χ0v) is 10.5. The summed E-state index contributed by atoms with van der Waals surface area (Å²) in [6.45, 7) is 0.726. The normalized spacial score (nSPS) is 18.6. The largest absolute Gasteiger partial charge is 0.495 e. The molecule has 0 fully saturated rings. The van der Waals surface area contributed by atoms with E-state index in [4.69, 9.17) is 4.74 Å². The van der Waals surface area contributed by atoms with Gasteiger partial charge in [-0.1, -0.05) is 0 Å². The molecule has 0 aromatic carbocycles. The van der Waals surface area contributed by atoms with Gasteiger partial charge in [0.15, 0.2) is 0 Å². The smallest absolute Gasteiger partial charge is 0.137 e. The fraction of sp³-hybridized carbons (Fsp3) is 0.400. The Kier molecular flexibility index (Phi) is 3.46. The van der Waals surface area contributed by atoms with E-state index in [9.17, 15) is 5.11 Å². The van der Waals surface area contributed by atoms with Crippen molar-refractivity contribution in [2.45, 2.75) is 18.9 Å². The molecule has 0 radical (unpaired) electrons. The number of thiophene rings is 1. The van der Waals surface area contributed by atoms with Crippen molar-refractivity contribution in [3.8, 4) is 0 Å². The van der Waals surface area contributed by atoms with E-state index in [-0.39, 0.29) is 0 Å². The monoisotopic (exact) mass is 322 g/mol. The molecule has 1 aromatic rings. The Morgan fingerprint density at radius 3 is 3.00 bits per heavy atom. The second-order valence-corrected chi connectivity index (χ2v) is 5.99. The number of aliphatic hydroxyl groups is 1. The zero-order valence-electron chi connectivity index (χ0n) is 7.57. The molecule has 1 unspecified atom stereocenters. The van der Waals surface area contributed by atoms with Crippen LogP contribution in [0.2, 0.25) is 0 Å². The summed E-state index contributed by atoms with van der Waals surface area (Å²) in [7, 11) is 0. The number of ether oxygens (including phenoxy) is 1. The van der Waals surface area contributed by atoms with Crippen molar-refractivity contribution < 1.29 is 9.84 Å². The van der Waals surface area contributed by atoms with Crippen LogP contribution in [0.3, 0.4) is 0 Å². The second-order valence-electron chi connectivity index (χ2n) is 3.18. The van der Waals surface area contributed by atoms with Gasteiger partial charge in [-0.05, 0) is 58.5 Å². The minimum absolute atomic E-state index is 0.574. The average Bonchev–Trinajstić information content (AvgIpc) is 2.65. The number of rotatable bonds is 2. The lowest BCUT2D eigenvalue weighted by Crippen LogP contribution is -2.09. The molecule has 0 bridgehead atoms. The molecule has 2 heterocycles. The van der Waals surface area contributed by atoms with Gasteiger partial charge in [-0.2, -0.15) is 0 Å². The average molecular weight is 322 g/mol. The Morgan fingerprint density at radius 2 is 2.43 bits per heavy atom. The van der Waals surface area contributed by atoms with E-state index in [0.29, 0.717) is 5.76 Å². The van der Waals surface area contributed by atoms with Crippen molar-refractivity contribution in [2.24, 2.45) is 0 Å². The number of allylic oxidation sites excluding steroid dienone is 1. The van der Waals surface area contributed by atoms with E-state index in [1.807, 2.05) is 17.5 Å². The summed E-state index contributed by atoms with van der Waals surface area (Å²) in [6, 6.07) is 1.99. The third-order valence-electron chi connectivity index (χ3n) is 2.14. The molecule has 1 N–H and O–H groups in total. The van der Waals surface area contributed by atoms with Crippen LogP contribution in [0.1, 0.15) is 24.5 Å². The number of aliphatic hydroxyl groups excluding tert-OH is 1. The van der Waals surface area contributed by atoms with E-state index >= 15 is 0 Å². The van der Waals surface area contributed by atoms with Crippen LogP contribution < -0.4 is 0 Å². The van der Waals surface area contributed by atoms with E-state index in [0.717, 1.165) is 25.0 Å². The third kappa shape index (κ3) is 2.29. The van der Waals surface area contributed by atoms with Gasteiger partial charge in [-0.3, -0.25) is 0 Å². The molecule has 1 aromatic heterocycles. The SMILES string of the molecule is OC(C1=CCCCO1)c1csc(I)c1. The lowest BCUT2D eigenvalue weighted by molar-refractivity contribution is 0.0920. The van der Waals surface area contributed by atoms with Crippen molar-refractivity contribution in [3.05, 3.63) is 31.7 Å². The van der Waals surface area contributed by atoms with Crippen LogP contribution in [0.4, 0.5) is 0 Å². The van der Waals surface area contributed by atoms with Gasteiger partial charge in [0, 0.05) is 0 Å². The fourth-order valence-electron chi connectivity index (χ4n) is 1.40. The maximum atomic E-state index is 9.97. The summed E-state index contributed by atoms with van der Waals surface area (Å²) in [4.78, 5) is 0. The van der Waals surface area contributed by atoms with Crippen molar-refractivity contribution in [1.82, 2.24) is 0 Å². The van der Waals surface area contributed by atoms with Gasteiger partial charge in [0.2, 0.25) is 0 Å². The van der Waals surface area contributed by atoms with E-state index in [1.54, 1.807) is 11.3 Å². The van der Waals surface area contributed by atoms with Gasteiger partial charge < -0.3 is 9.84 Å². The molecule has 76 valence electrons. The Bertz CT molecular complexity index is 346. The highest BCUT2D eigenvalue weighted by Crippen LogP contribution is 2.29. The van der Waals surface area contributed by atoms with Crippen LogP contribution in [0.15, 0.2) is 23.3 Å². The van der Waals surface area contributed by atoms with E-state index in [1.165, 1.54) is 2.88 Å². The predicted molar refractivity (Wildman–Crippen MR) is 65.3 cm³/mol. The third-order valence-corrected chi connectivity index (χ3v) is 3.94. The Labute approximate surface area is 101 Å². The first-order chi connectivity index (χ1) is 6.77. The Balaban J connectivity index is 2.14. The second kappa shape index (κ2) is 4.63. The van der Waals surface area contributed by atoms with Crippen molar-refractivity contribution >= 4 is 33.9 Å². The minimum atomic E-state index is -0.574. The molecule has 0 amide bonds. The van der Waals surface area contributed by atoms with Crippen molar-refractivity contribution in [1.29, 1.82) is 0 Å². The molecule has 14 heavy (non-hydrogen) atoms. The van der Waals surface area contributed by atoms with Crippen LogP contribution in [-0.4, -0.2) is 11.7 Å². The van der Waals surface area contributed by atoms with Crippen LogP contribution >= 0.6 is 33.9 Å². The van der Waals surface area contributed by atoms with Crippen LogP contribution in [0.25, 0.3) is 0 Å². The quantitative estimate of drug-likeness (QED) is 0.848. The summed E-state index contributed by atoms with van der Waals surface area (Å²) >= 11 is 3.89. The predicted octanol–water partition coefficient (Wildman–Crippen LogP) is 3.08. The lowest BCUT2D eigenvalue weighted by Gasteiger charge is -2.18.